The van der Waals surface area contributed by atoms with Crippen molar-refractivity contribution in [3.63, 3.8) is 0 Å². The number of oxazole rings is 1. The lowest BCUT2D eigenvalue weighted by molar-refractivity contribution is 0.572. The zero-order valence-corrected chi connectivity index (χ0v) is 7.14. The second-order valence-electron chi connectivity index (χ2n) is 2.84. The summed E-state index contributed by atoms with van der Waals surface area (Å²) >= 11 is 0. The molecule has 3 aromatic heterocycles. The van der Waals surface area contributed by atoms with Gasteiger partial charge in [-0.1, -0.05) is 0 Å². The standard InChI is InChI=1S/C9H6N4O/c1-2-7(9-10-3-4-14-9)12-8-5-11-13-6(1)8/h1-5H,(H,11,13). The number of pyridine rings is 1. The molecule has 0 bridgehead atoms. The summed E-state index contributed by atoms with van der Waals surface area (Å²) in [4.78, 5) is 8.35. The van der Waals surface area contributed by atoms with Crippen LogP contribution in [0.5, 0.6) is 0 Å². The zero-order chi connectivity index (χ0) is 9.38. The van der Waals surface area contributed by atoms with Crippen molar-refractivity contribution in [1.29, 1.82) is 0 Å². The molecule has 5 nitrogen and oxygen atoms in total. The van der Waals surface area contributed by atoms with Crippen LogP contribution in [0.1, 0.15) is 0 Å². The van der Waals surface area contributed by atoms with Crippen LogP contribution in [-0.4, -0.2) is 20.2 Å². The lowest BCUT2D eigenvalue weighted by atomic mass is 10.3. The SMILES string of the molecule is c1coc(-c2ccc3[nH]ncc3n2)n1. The number of rotatable bonds is 1. The maximum atomic E-state index is 5.14. The topological polar surface area (TPSA) is 67.6 Å². The minimum absolute atomic E-state index is 0.521. The molecule has 0 atom stereocenters. The van der Waals surface area contributed by atoms with E-state index in [9.17, 15) is 0 Å². The fraction of sp³-hybridized carbons (Fsp3) is 0. The molecule has 0 amide bonds. The Labute approximate surface area is 78.8 Å². The monoisotopic (exact) mass is 186 g/mol. The molecule has 0 aliphatic heterocycles. The van der Waals surface area contributed by atoms with Gasteiger partial charge in [0.25, 0.3) is 0 Å². The van der Waals surface area contributed by atoms with Gasteiger partial charge in [0, 0.05) is 0 Å². The Morgan fingerprint density at radius 2 is 2.29 bits per heavy atom. The van der Waals surface area contributed by atoms with Crippen molar-refractivity contribution in [2.45, 2.75) is 0 Å². The van der Waals surface area contributed by atoms with Crippen molar-refractivity contribution >= 4 is 11.0 Å². The zero-order valence-electron chi connectivity index (χ0n) is 7.14. The van der Waals surface area contributed by atoms with Gasteiger partial charge < -0.3 is 4.42 Å². The van der Waals surface area contributed by atoms with Crippen LogP contribution in [0, 0.1) is 0 Å². The average Bonchev–Trinajstić information content (AvgIpc) is 2.88. The molecule has 0 fully saturated rings. The minimum Gasteiger partial charge on any atom is -0.443 e. The van der Waals surface area contributed by atoms with Gasteiger partial charge in [-0.05, 0) is 12.1 Å². The number of hydrogen-bond acceptors (Lipinski definition) is 4. The molecule has 68 valence electrons. The summed E-state index contributed by atoms with van der Waals surface area (Å²) in [5, 5.41) is 6.71. The third-order valence-corrected chi connectivity index (χ3v) is 1.95. The van der Waals surface area contributed by atoms with E-state index in [2.05, 4.69) is 20.2 Å². The third-order valence-electron chi connectivity index (χ3n) is 1.95. The predicted octanol–water partition coefficient (Wildman–Crippen LogP) is 1.61. The number of H-pyrrole nitrogens is 1. The van der Waals surface area contributed by atoms with E-state index in [0.29, 0.717) is 11.6 Å². The quantitative estimate of drug-likeness (QED) is 0.626. The van der Waals surface area contributed by atoms with Crippen LogP contribution in [0.15, 0.2) is 35.2 Å². The molecule has 0 radical (unpaired) electrons. The molecule has 0 aliphatic carbocycles. The van der Waals surface area contributed by atoms with Gasteiger partial charge in [0.15, 0.2) is 0 Å². The van der Waals surface area contributed by atoms with Crippen LogP contribution >= 0.6 is 0 Å². The summed E-state index contributed by atoms with van der Waals surface area (Å²) in [7, 11) is 0. The molecule has 0 saturated carbocycles. The van der Waals surface area contributed by atoms with Gasteiger partial charge in [-0.15, -0.1) is 0 Å². The van der Waals surface area contributed by atoms with Crippen LogP contribution in [-0.2, 0) is 0 Å². The lowest BCUT2D eigenvalue weighted by Gasteiger charge is -1.93. The van der Waals surface area contributed by atoms with E-state index in [1.165, 1.54) is 6.26 Å². The van der Waals surface area contributed by atoms with Crippen molar-refractivity contribution in [1.82, 2.24) is 20.2 Å². The number of aromatic nitrogens is 4. The summed E-state index contributed by atoms with van der Waals surface area (Å²) < 4.78 is 5.14. The van der Waals surface area contributed by atoms with Gasteiger partial charge in [-0.3, -0.25) is 5.10 Å². The first kappa shape index (κ1) is 7.25. The third kappa shape index (κ3) is 0.990. The first-order valence-corrected chi connectivity index (χ1v) is 4.13. The Morgan fingerprint density at radius 1 is 1.29 bits per heavy atom. The summed E-state index contributed by atoms with van der Waals surface area (Å²) in [6.07, 6.45) is 4.79. The second kappa shape index (κ2) is 2.66. The Morgan fingerprint density at radius 3 is 3.14 bits per heavy atom. The molecule has 1 N–H and O–H groups in total. The molecule has 3 rings (SSSR count). The van der Waals surface area contributed by atoms with E-state index in [-0.39, 0.29) is 0 Å². The molecule has 0 spiro atoms. The summed E-state index contributed by atoms with van der Waals surface area (Å²) in [5.41, 5.74) is 2.42. The van der Waals surface area contributed by atoms with Gasteiger partial charge in [0.05, 0.1) is 17.9 Å². The van der Waals surface area contributed by atoms with Crippen LogP contribution in [0.25, 0.3) is 22.6 Å². The van der Waals surface area contributed by atoms with E-state index in [4.69, 9.17) is 4.42 Å². The van der Waals surface area contributed by atoms with Crippen molar-refractivity contribution in [2.24, 2.45) is 0 Å². The number of hydrogen-bond donors (Lipinski definition) is 1. The maximum absolute atomic E-state index is 5.14. The van der Waals surface area contributed by atoms with Crippen LogP contribution in [0.3, 0.4) is 0 Å². The lowest BCUT2D eigenvalue weighted by Crippen LogP contribution is -1.82. The van der Waals surface area contributed by atoms with E-state index in [1.807, 2.05) is 12.1 Å². The molecule has 3 aromatic rings. The van der Waals surface area contributed by atoms with Gasteiger partial charge >= 0.3 is 0 Å². The van der Waals surface area contributed by atoms with Gasteiger partial charge in [0.2, 0.25) is 5.89 Å². The first-order valence-electron chi connectivity index (χ1n) is 4.13. The summed E-state index contributed by atoms with van der Waals surface area (Å²) in [5.74, 6) is 0.521. The highest BCUT2D eigenvalue weighted by atomic mass is 16.3. The Bertz CT molecular complexity index is 555. The highest BCUT2D eigenvalue weighted by molar-refractivity contribution is 5.75. The minimum atomic E-state index is 0.521. The highest BCUT2D eigenvalue weighted by Crippen LogP contribution is 2.17. The smallest absolute Gasteiger partial charge is 0.245 e. The van der Waals surface area contributed by atoms with Crippen LogP contribution in [0.4, 0.5) is 0 Å². The molecule has 0 aromatic carbocycles. The molecule has 5 heteroatoms. The summed E-state index contributed by atoms with van der Waals surface area (Å²) in [6, 6.07) is 3.74. The summed E-state index contributed by atoms with van der Waals surface area (Å²) in [6.45, 7) is 0. The van der Waals surface area contributed by atoms with E-state index < -0.39 is 0 Å². The van der Waals surface area contributed by atoms with Crippen molar-refractivity contribution in [2.75, 3.05) is 0 Å². The molecular formula is C9H6N4O. The average molecular weight is 186 g/mol. The van der Waals surface area contributed by atoms with Crippen LogP contribution in [0.2, 0.25) is 0 Å². The largest absolute Gasteiger partial charge is 0.443 e. The normalized spacial score (nSPS) is 10.9. The first-order chi connectivity index (χ1) is 6.93. The van der Waals surface area contributed by atoms with Gasteiger partial charge in [-0.2, -0.15) is 5.10 Å². The predicted molar refractivity (Wildman–Crippen MR) is 49.4 cm³/mol. The Kier molecular flexibility index (Phi) is 1.38. The molecule has 0 aliphatic rings. The molecule has 14 heavy (non-hydrogen) atoms. The fourth-order valence-corrected chi connectivity index (χ4v) is 1.30. The Balaban J connectivity index is 2.23. The van der Waals surface area contributed by atoms with Gasteiger partial charge in [-0.25, -0.2) is 9.97 Å². The van der Waals surface area contributed by atoms with E-state index in [0.717, 1.165) is 11.0 Å². The number of nitrogens with zero attached hydrogens (tertiary/aromatic N) is 3. The molecule has 0 unspecified atom stereocenters. The fourth-order valence-electron chi connectivity index (χ4n) is 1.30. The number of fused-ring (bicyclic) bond motifs is 1. The van der Waals surface area contributed by atoms with Crippen LogP contribution < -0.4 is 0 Å². The van der Waals surface area contributed by atoms with Gasteiger partial charge in [0.1, 0.15) is 17.5 Å². The second-order valence-corrected chi connectivity index (χ2v) is 2.84. The Hall–Kier alpha value is -2.17. The highest BCUT2D eigenvalue weighted by Gasteiger charge is 2.05. The number of aromatic amines is 1. The van der Waals surface area contributed by atoms with Crippen molar-refractivity contribution in [3.8, 4) is 11.6 Å². The number of nitrogens with one attached hydrogen (secondary N) is 1. The maximum Gasteiger partial charge on any atom is 0.245 e. The van der Waals surface area contributed by atoms with E-state index in [1.54, 1.807) is 12.4 Å². The van der Waals surface area contributed by atoms with Crippen molar-refractivity contribution < 1.29 is 4.42 Å². The molecular weight excluding hydrogens is 180 g/mol. The molecule has 3 heterocycles. The van der Waals surface area contributed by atoms with E-state index >= 15 is 0 Å². The van der Waals surface area contributed by atoms with Crippen molar-refractivity contribution in [3.05, 3.63) is 30.8 Å². The molecule has 0 saturated heterocycles.